The zero-order valence-electron chi connectivity index (χ0n) is 12.8. The van der Waals surface area contributed by atoms with Crippen LogP contribution in [-0.4, -0.2) is 28.5 Å². The lowest BCUT2D eigenvalue weighted by molar-refractivity contribution is 0.228. The molecule has 10 heteroatoms. The van der Waals surface area contributed by atoms with Crippen molar-refractivity contribution in [3.63, 3.8) is 0 Å². The molecule has 7 nitrogen and oxygen atoms in total. The van der Waals surface area contributed by atoms with Gasteiger partial charge in [0.2, 0.25) is 10.0 Å². The van der Waals surface area contributed by atoms with Gasteiger partial charge in [0.05, 0.1) is 22.3 Å². The first kappa shape index (κ1) is 16.5. The third kappa shape index (κ3) is 2.29. The third-order valence-electron chi connectivity index (χ3n) is 3.99. The lowest BCUT2D eigenvalue weighted by Crippen LogP contribution is -2.42. The number of hydrogen-bond donors (Lipinski definition) is 1. The SMILES string of the molecule is CC1(C)c2c(cnn2C(N)=O)CN1S(=O)(=O)c1cc(F)cc(F)c1. The number of fused-ring (bicyclic) bond motifs is 1. The van der Waals surface area contributed by atoms with Crippen molar-refractivity contribution in [2.24, 2.45) is 5.73 Å². The van der Waals surface area contributed by atoms with Crippen molar-refractivity contribution in [1.29, 1.82) is 0 Å². The number of amides is 1. The Balaban J connectivity index is 2.12. The maximum absolute atomic E-state index is 13.4. The Hall–Kier alpha value is -2.33. The molecule has 0 unspecified atom stereocenters. The summed E-state index contributed by atoms with van der Waals surface area (Å²) in [5.74, 6) is -1.99. The Morgan fingerprint density at radius 2 is 1.83 bits per heavy atom. The van der Waals surface area contributed by atoms with Crippen LogP contribution in [0.5, 0.6) is 0 Å². The van der Waals surface area contributed by atoms with Crippen LogP contribution in [0.15, 0.2) is 29.3 Å². The first-order valence-electron chi connectivity index (χ1n) is 6.91. The highest BCUT2D eigenvalue weighted by Crippen LogP contribution is 2.42. The van der Waals surface area contributed by atoms with Crippen LogP contribution in [-0.2, 0) is 22.1 Å². The van der Waals surface area contributed by atoms with Crippen LogP contribution in [0.25, 0.3) is 0 Å². The van der Waals surface area contributed by atoms with Crippen LogP contribution in [0.3, 0.4) is 0 Å². The molecule has 0 radical (unpaired) electrons. The molecule has 24 heavy (non-hydrogen) atoms. The van der Waals surface area contributed by atoms with Crippen molar-refractivity contribution in [2.75, 3.05) is 0 Å². The predicted molar refractivity (Wildman–Crippen MR) is 79.3 cm³/mol. The van der Waals surface area contributed by atoms with Gasteiger partial charge in [0.1, 0.15) is 11.6 Å². The van der Waals surface area contributed by atoms with Crippen molar-refractivity contribution in [3.8, 4) is 0 Å². The van der Waals surface area contributed by atoms with Gasteiger partial charge in [0.25, 0.3) is 0 Å². The first-order chi connectivity index (χ1) is 11.0. The highest BCUT2D eigenvalue weighted by molar-refractivity contribution is 7.89. The summed E-state index contributed by atoms with van der Waals surface area (Å²) in [6.07, 6.45) is 1.35. The summed E-state index contributed by atoms with van der Waals surface area (Å²) in [5.41, 5.74) is 4.90. The molecule has 1 aliphatic rings. The largest absolute Gasteiger partial charge is 0.350 e. The highest BCUT2D eigenvalue weighted by Gasteiger charge is 2.48. The van der Waals surface area contributed by atoms with E-state index in [2.05, 4.69) is 5.10 Å². The van der Waals surface area contributed by atoms with E-state index in [9.17, 15) is 22.0 Å². The topological polar surface area (TPSA) is 98.3 Å². The molecule has 0 spiro atoms. The average molecular weight is 356 g/mol. The Morgan fingerprint density at radius 3 is 2.38 bits per heavy atom. The van der Waals surface area contributed by atoms with Gasteiger partial charge in [-0.2, -0.15) is 14.1 Å². The van der Waals surface area contributed by atoms with Crippen LogP contribution >= 0.6 is 0 Å². The van der Waals surface area contributed by atoms with Gasteiger partial charge in [0, 0.05) is 18.2 Å². The number of carbonyl (C=O) groups is 1. The van der Waals surface area contributed by atoms with E-state index in [1.807, 2.05) is 0 Å². The number of carbonyl (C=O) groups excluding carboxylic acids is 1. The summed E-state index contributed by atoms with van der Waals surface area (Å²) in [5, 5.41) is 3.85. The van der Waals surface area contributed by atoms with Gasteiger partial charge in [-0.05, 0) is 26.0 Å². The number of halogens is 2. The van der Waals surface area contributed by atoms with Crippen LogP contribution in [0.4, 0.5) is 13.6 Å². The Bertz CT molecular complexity index is 933. The molecule has 1 amide bonds. The van der Waals surface area contributed by atoms with E-state index in [1.165, 1.54) is 6.20 Å². The van der Waals surface area contributed by atoms with E-state index < -0.39 is 38.1 Å². The number of nitrogens with zero attached hydrogens (tertiary/aromatic N) is 3. The summed E-state index contributed by atoms with van der Waals surface area (Å²) < 4.78 is 54.5. The van der Waals surface area contributed by atoms with E-state index in [0.717, 1.165) is 21.1 Å². The molecular weight excluding hydrogens is 342 g/mol. The van der Waals surface area contributed by atoms with E-state index in [-0.39, 0.29) is 6.54 Å². The molecule has 0 saturated heterocycles. The number of aromatic nitrogens is 2. The van der Waals surface area contributed by atoms with E-state index >= 15 is 0 Å². The number of primary amides is 1. The standard InChI is InChI=1S/C14H14F2N4O3S/c1-14(2)12-8(6-18-20(12)13(17)21)7-19(14)24(22,23)11-4-9(15)3-10(16)5-11/h3-6H,7H2,1-2H3,(H2,17,21). The molecule has 1 aromatic heterocycles. The number of hydrogen-bond acceptors (Lipinski definition) is 4. The summed E-state index contributed by atoms with van der Waals surface area (Å²) >= 11 is 0. The third-order valence-corrected chi connectivity index (χ3v) is 5.99. The van der Waals surface area contributed by atoms with Crippen molar-refractivity contribution in [3.05, 3.63) is 47.3 Å². The van der Waals surface area contributed by atoms with Crippen molar-refractivity contribution < 1.29 is 22.0 Å². The Morgan fingerprint density at radius 1 is 1.25 bits per heavy atom. The fourth-order valence-electron chi connectivity index (χ4n) is 2.98. The van der Waals surface area contributed by atoms with Crippen LogP contribution in [0, 0.1) is 11.6 Å². The van der Waals surface area contributed by atoms with Gasteiger partial charge in [-0.15, -0.1) is 0 Å². The zero-order valence-corrected chi connectivity index (χ0v) is 13.6. The highest BCUT2D eigenvalue weighted by atomic mass is 32.2. The molecule has 2 aromatic rings. The maximum atomic E-state index is 13.4. The van der Waals surface area contributed by atoms with E-state index in [4.69, 9.17) is 5.73 Å². The molecule has 0 aliphatic carbocycles. The molecule has 128 valence electrons. The molecule has 3 rings (SSSR count). The average Bonchev–Trinajstić information content (AvgIpc) is 2.97. The van der Waals surface area contributed by atoms with Gasteiger partial charge >= 0.3 is 6.03 Å². The zero-order chi connectivity index (χ0) is 17.9. The van der Waals surface area contributed by atoms with Gasteiger partial charge in [-0.1, -0.05) is 0 Å². The molecule has 0 saturated carbocycles. The molecule has 0 bridgehead atoms. The maximum Gasteiger partial charge on any atom is 0.339 e. The molecule has 0 fully saturated rings. The molecule has 1 aromatic carbocycles. The molecule has 2 N–H and O–H groups in total. The Kier molecular flexibility index (Phi) is 3.50. The van der Waals surface area contributed by atoms with Gasteiger partial charge in [-0.3, -0.25) is 0 Å². The normalized spacial score (nSPS) is 17.0. The van der Waals surface area contributed by atoms with Crippen molar-refractivity contribution in [1.82, 2.24) is 14.1 Å². The summed E-state index contributed by atoms with van der Waals surface area (Å²) in [6.45, 7) is 3.04. The number of sulfonamides is 1. The van der Waals surface area contributed by atoms with Crippen molar-refractivity contribution >= 4 is 16.1 Å². The minimum absolute atomic E-state index is 0.0872. The number of benzene rings is 1. The number of rotatable bonds is 2. The van der Waals surface area contributed by atoms with E-state index in [0.29, 0.717) is 17.3 Å². The van der Waals surface area contributed by atoms with Gasteiger partial charge in [0.15, 0.2) is 0 Å². The van der Waals surface area contributed by atoms with Gasteiger partial charge in [-0.25, -0.2) is 22.0 Å². The summed E-state index contributed by atoms with van der Waals surface area (Å²) in [6, 6.07) is 1.24. The van der Waals surface area contributed by atoms with Crippen LogP contribution in [0.2, 0.25) is 0 Å². The Labute approximate surface area is 136 Å². The van der Waals surface area contributed by atoms with E-state index in [1.54, 1.807) is 13.8 Å². The quantitative estimate of drug-likeness (QED) is 0.882. The van der Waals surface area contributed by atoms with Crippen molar-refractivity contribution in [2.45, 2.75) is 30.8 Å². The molecular formula is C14H14F2N4O3S. The smallest absolute Gasteiger partial charge is 0.339 e. The minimum Gasteiger partial charge on any atom is -0.350 e. The fourth-order valence-corrected chi connectivity index (χ4v) is 4.75. The lowest BCUT2D eigenvalue weighted by atomic mass is 10.0. The predicted octanol–water partition coefficient (Wildman–Crippen LogP) is 1.53. The monoisotopic (exact) mass is 356 g/mol. The first-order valence-corrected chi connectivity index (χ1v) is 8.35. The van der Waals surface area contributed by atoms with Gasteiger partial charge < -0.3 is 5.73 Å². The lowest BCUT2D eigenvalue weighted by Gasteiger charge is -2.31. The fraction of sp³-hybridized carbons (Fsp3) is 0.286. The second-order valence-corrected chi connectivity index (χ2v) is 7.81. The second kappa shape index (κ2) is 5.08. The molecule has 2 heterocycles. The number of nitrogens with two attached hydrogens (primary N) is 1. The summed E-state index contributed by atoms with van der Waals surface area (Å²) in [7, 11) is -4.21. The summed E-state index contributed by atoms with van der Waals surface area (Å²) in [4.78, 5) is 11.0. The van der Waals surface area contributed by atoms with Crippen LogP contribution in [0.1, 0.15) is 25.1 Å². The minimum atomic E-state index is -4.21. The molecule has 1 aliphatic heterocycles. The van der Waals surface area contributed by atoms with Crippen LogP contribution < -0.4 is 5.73 Å². The molecule has 0 atom stereocenters. The second-order valence-electron chi connectivity index (χ2n) is 5.94.